The van der Waals surface area contributed by atoms with Gasteiger partial charge in [-0.25, -0.2) is 0 Å². The number of benzene rings is 2. The van der Waals surface area contributed by atoms with Gasteiger partial charge in [0.05, 0.1) is 0 Å². The Morgan fingerprint density at radius 1 is 1.08 bits per heavy atom. The van der Waals surface area contributed by atoms with E-state index in [1.54, 1.807) is 0 Å². The molecular formula is C32H38N4O2. The first-order chi connectivity index (χ1) is 18.3. The minimum absolute atomic E-state index is 0.124. The molecule has 1 aliphatic rings. The van der Waals surface area contributed by atoms with E-state index < -0.39 is 0 Å². The lowest BCUT2D eigenvalue weighted by atomic mass is 9.92. The third-order valence-corrected chi connectivity index (χ3v) is 7.65. The largest absolute Gasteiger partial charge is 0.348 e. The maximum absolute atomic E-state index is 13.7. The van der Waals surface area contributed by atoms with Gasteiger partial charge in [-0.3, -0.25) is 9.59 Å². The van der Waals surface area contributed by atoms with Gasteiger partial charge < -0.3 is 19.8 Å². The maximum Gasteiger partial charge on any atom is 0.253 e. The highest BCUT2D eigenvalue weighted by Crippen LogP contribution is 2.37. The minimum atomic E-state index is -0.158. The molecule has 0 atom stereocenters. The molecule has 2 aromatic carbocycles. The highest BCUT2D eigenvalue weighted by atomic mass is 16.1. The fourth-order valence-electron chi connectivity index (χ4n) is 5.50. The zero-order valence-corrected chi connectivity index (χ0v) is 22.9. The molecule has 2 heterocycles. The molecule has 6 nitrogen and oxygen atoms in total. The first-order valence-electron chi connectivity index (χ1n) is 13.7. The number of carbonyl (C=O) groups excluding carboxylic acids is 1. The van der Waals surface area contributed by atoms with E-state index in [9.17, 15) is 9.59 Å². The van der Waals surface area contributed by atoms with Crippen LogP contribution in [-0.2, 0) is 19.5 Å². The van der Waals surface area contributed by atoms with Gasteiger partial charge in [0.2, 0.25) is 0 Å². The van der Waals surface area contributed by atoms with Gasteiger partial charge in [0.1, 0.15) is 0 Å². The van der Waals surface area contributed by atoms with E-state index in [0.29, 0.717) is 17.2 Å². The summed E-state index contributed by atoms with van der Waals surface area (Å²) < 4.78 is 2.34. The molecule has 2 N–H and O–H groups in total. The summed E-state index contributed by atoms with van der Waals surface area (Å²) >= 11 is 0. The van der Waals surface area contributed by atoms with E-state index in [1.165, 1.54) is 24.8 Å². The number of carbonyl (C=O) groups is 1. The van der Waals surface area contributed by atoms with Gasteiger partial charge >= 0.3 is 0 Å². The topological polar surface area (TPSA) is 70.1 Å². The number of rotatable bonds is 9. The molecule has 0 spiro atoms. The zero-order chi connectivity index (χ0) is 26.8. The van der Waals surface area contributed by atoms with Crippen molar-refractivity contribution in [2.75, 3.05) is 14.1 Å². The molecule has 1 aliphatic carbocycles. The second-order valence-electron chi connectivity index (χ2n) is 10.9. The molecular weight excluding hydrogens is 472 g/mol. The number of pyridine rings is 1. The Bertz CT molecular complexity index is 1510. The minimum Gasteiger partial charge on any atom is -0.348 e. The molecule has 0 radical (unpaired) electrons. The predicted molar refractivity (Wildman–Crippen MR) is 155 cm³/mol. The standard InChI is InChI=1S/C32H38N4O2/c1-5-7-24-16-21(2)34-32(38)29(24)19-33-31(37)28-17-25(23-12-10-22(11-13-23)20-35(3)4)18-30-27(28)14-15-36(30)26-8-6-9-26/h10-18,26H,5-9,19-20H2,1-4H3,(H,33,37)(H,34,38). The number of hydrogen-bond donors (Lipinski definition) is 2. The number of fused-ring (bicyclic) bond motifs is 1. The molecule has 1 saturated carbocycles. The van der Waals surface area contributed by atoms with Crippen LogP contribution >= 0.6 is 0 Å². The van der Waals surface area contributed by atoms with Gasteiger partial charge in [-0.15, -0.1) is 0 Å². The lowest BCUT2D eigenvalue weighted by Gasteiger charge is -2.28. The summed E-state index contributed by atoms with van der Waals surface area (Å²) in [5.41, 5.74) is 7.47. The quantitative estimate of drug-likeness (QED) is 0.291. The van der Waals surface area contributed by atoms with Crippen molar-refractivity contribution < 1.29 is 4.79 Å². The fraction of sp³-hybridized carbons (Fsp3) is 0.375. The number of H-pyrrole nitrogens is 1. The molecule has 6 heteroatoms. The van der Waals surface area contributed by atoms with Crippen LogP contribution in [0.4, 0.5) is 0 Å². The molecule has 0 unspecified atom stereocenters. The van der Waals surface area contributed by atoms with Crippen molar-refractivity contribution in [3.63, 3.8) is 0 Å². The summed E-state index contributed by atoms with van der Waals surface area (Å²) in [5.74, 6) is -0.158. The molecule has 0 aliphatic heterocycles. The van der Waals surface area contributed by atoms with E-state index in [4.69, 9.17) is 0 Å². The number of nitrogens with one attached hydrogen (secondary N) is 2. The fourth-order valence-corrected chi connectivity index (χ4v) is 5.50. The van der Waals surface area contributed by atoms with Gasteiger partial charge in [-0.1, -0.05) is 37.6 Å². The summed E-state index contributed by atoms with van der Waals surface area (Å²) in [7, 11) is 4.13. The Hall–Kier alpha value is -3.64. The van der Waals surface area contributed by atoms with E-state index >= 15 is 0 Å². The van der Waals surface area contributed by atoms with E-state index in [0.717, 1.165) is 52.7 Å². The summed E-state index contributed by atoms with van der Waals surface area (Å²) in [5, 5.41) is 4.02. The molecule has 2 aromatic heterocycles. The Morgan fingerprint density at radius 3 is 2.50 bits per heavy atom. The Labute approximate surface area is 224 Å². The number of amides is 1. The average Bonchev–Trinajstić information content (AvgIpc) is 3.25. The number of hydrogen-bond acceptors (Lipinski definition) is 3. The van der Waals surface area contributed by atoms with Crippen molar-refractivity contribution in [2.45, 2.75) is 65.1 Å². The van der Waals surface area contributed by atoms with Crippen molar-refractivity contribution in [3.8, 4) is 11.1 Å². The van der Waals surface area contributed by atoms with Crippen LogP contribution in [0.1, 0.15) is 71.4 Å². The van der Waals surface area contributed by atoms with Crippen LogP contribution < -0.4 is 10.9 Å². The van der Waals surface area contributed by atoms with Gasteiger partial charge in [-0.05, 0) is 93.2 Å². The van der Waals surface area contributed by atoms with Crippen molar-refractivity contribution in [1.82, 2.24) is 19.8 Å². The average molecular weight is 511 g/mol. The lowest BCUT2D eigenvalue weighted by Crippen LogP contribution is -2.28. The van der Waals surface area contributed by atoms with Gasteiger partial charge in [0, 0.05) is 53.1 Å². The number of nitrogens with zero attached hydrogens (tertiary/aromatic N) is 2. The molecule has 0 bridgehead atoms. The van der Waals surface area contributed by atoms with Crippen molar-refractivity contribution in [2.24, 2.45) is 0 Å². The molecule has 1 fully saturated rings. The Balaban J connectivity index is 1.51. The summed E-state index contributed by atoms with van der Waals surface area (Å²) in [6.07, 6.45) is 7.46. The number of aromatic amines is 1. The van der Waals surface area contributed by atoms with Crippen LogP contribution in [0.25, 0.3) is 22.0 Å². The number of aromatic nitrogens is 2. The van der Waals surface area contributed by atoms with Gasteiger partial charge in [0.15, 0.2) is 0 Å². The Kier molecular flexibility index (Phi) is 7.52. The van der Waals surface area contributed by atoms with Crippen LogP contribution in [0.2, 0.25) is 0 Å². The molecule has 0 saturated heterocycles. The van der Waals surface area contributed by atoms with Crippen molar-refractivity contribution in [1.29, 1.82) is 0 Å². The summed E-state index contributed by atoms with van der Waals surface area (Å²) in [4.78, 5) is 31.4. The second-order valence-corrected chi connectivity index (χ2v) is 10.9. The van der Waals surface area contributed by atoms with Crippen LogP contribution in [0.5, 0.6) is 0 Å². The van der Waals surface area contributed by atoms with Crippen molar-refractivity contribution in [3.05, 3.63) is 93.0 Å². The first kappa shape index (κ1) is 26.0. The zero-order valence-electron chi connectivity index (χ0n) is 22.9. The smallest absolute Gasteiger partial charge is 0.253 e. The SMILES string of the molecule is CCCc1cc(C)[nH]c(=O)c1CNC(=O)c1cc(-c2ccc(CN(C)C)cc2)cc2c1ccn2C1CCC1. The third-order valence-electron chi connectivity index (χ3n) is 7.65. The lowest BCUT2D eigenvalue weighted by molar-refractivity contribution is 0.0952. The predicted octanol–water partition coefficient (Wildman–Crippen LogP) is 5.97. The van der Waals surface area contributed by atoms with Crippen LogP contribution in [0.3, 0.4) is 0 Å². The van der Waals surface area contributed by atoms with Gasteiger partial charge in [-0.2, -0.15) is 0 Å². The van der Waals surface area contributed by atoms with Crippen molar-refractivity contribution >= 4 is 16.8 Å². The summed E-state index contributed by atoms with van der Waals surface area (Å²) in [6, 6.07) is 17.4. The first-order valence-corrected chi connectivity index (χ1v) is 13.7. The monoisotopic (exact) mass is 510 g/mol. The van der Waals surface area contributed by atoms with E-state index in [2.05, 4.69) is 83.4 Å². The normalized spacial score (nSPS) is 13.7. The van der Waals surface area contributed by atoms with E-state index in [-0.39, 0.29) is 18.0 Å². The van der Waals surface area contributed by atoms with Gasteiger partial charge in [0.25, 0.3) is 11.5 Å². The van der Waals surface area contributed by atoms with E-state index in [1.807, 2.05) is 19.1 Å². The molecule has 38 heavy (non-hydrogen) atoms. The second kappa shape index (κ2) is 11.0. The van der Waals surface area contributed by atoms with Crippen LogP contribution in [0, 0.1) is 6.92 Å². The maximum atomic E-state index is 13.7. The highest BCUT2D eigenvalue weighted by molar-refractivity contribution is 6.08. The third kappa shape index (κ3) is 5.32. The highest BCUT2D eigenvalue weighted by Gasteiger charge is 2.23. The van der Waals surface area contributed by atoms with Crippen LogP contribution in [0.15, 0.2) is 59.5 Å². The molecule has 1 amide bonds. The molecule has 198 valence electrons. The Morgan fingerprint density at radius 2 is 1.84 bits per heavy atom. The summed E-state index contributed by atoms with van der Waals surface area (Å²) in [6.45, 7) is 5.08. The van der Waals surface area contributed by atoms with Crippen LogP contribution in [-0.4, -0.2) is 34.5 Å². The molecule has 4 aromatic rings. The number of aryl methyl sites for hydroxylation is 2. The molecule has 5 rings (SSSR count).